The van der Waals surface area contributed by atoms with Crippen molar-refractivity contribution in [1.29, 1.82) is 0 Å². The molecule has 0 spiro atoms. The van der Waals surface area contributed by atoms with Gasteiger partial charge in [0.15, 0.2) is 5.78 Å². The number of ketones is 1. The fraction of sp³-hybridized carbons (Fsp3) is 0.188. The molecule has 2 heteroatoms. The second-order valence-corrected chi connectivity index (χ2v) is 4.55. The van der Waals surface area contributed by atoms with Gasteiger partial charge in [-0.25, -0.2) is 0 Å². The molecule has 0 radical (unpaired) electrons. The maximum atomic E-state index is 11.4. The maximum Gasteiger partial charge on any atom is 0.159 e. The zero-order valence-corrected chi connectivity index (χ0v) is 11.0. The van der Waals surface area contributed by atoms with E-state index in [1.54, 1.807) is 6.92 Å². The van der Waals surface area contributed by atoms with Crippen molar-refractivity contribution >= 4 is 11.5 Å². The molecule has 92 valence electrons. The predicted molar refractivity (Wildman–Crippen MR) is 76.2 cm³/mol. The minimum atomic E-state index is 0.0965. The van der Waals surface area contributed by atoms with Gasteiger partial charge in [0.05, 0.1) is 0 Å². The molecule has 18 heavy (non-hydrogen) atoms. The van der Waals surface area contributed by atoms with Gasteiger partial charge in [0, 0.05) is 30.9 Å². The summed E-state index contributed by atoms with van der Waals surface area (Å²) in [5.41, 5.74) is 4.12. The van der Waals surface area contributed by atoms with Gasteiger partial charge in [-0.15, -0.1) is 0 Å². The molecule has 0 bridgehead atoms. The maximum absolute atomic E-state index is 11.4. The molecule has 0 unspecified atom stereocenters. The molecule has 2 aromatic carbocycles. The van der Waals surface area contributed by atoms with Crippen LogP contribution in [-0.4, -0.2) is 19.9 Å². The lowest BCUT2D eigenvalue weighted by Gasteiger charge is -2.17. The lowest BCUT2D eigenvalue weighted by molar-refractivity contribution is 0.101. The highest BCUT2D eigenvalue weighted by atomic mass is 16.1. The van der Waals surface area contributed by atoms with E-state index in [0.29, 0.717) is 0 Å². The van der Waals surface area contributed by atoms with Gasteiger partial charge in [0.25, 0.3) is 0 Å². The van der Waals surface area contributed by atoms with Gasteiger partial charge in [-0.05, 0) is 24.6 Å². The first-order chi connectivity index (χ1) is 8.59. The second kappa shape index (κ2) is 5.05. The van der Waals surface area contributed by atoms with Crippen molar-refractivity contribution in [2.24, 2.45) is 0 Å². The van der Waals surface area contributed by atoms with E-state index in [4.69, 9.17) is 0 Å². The summed E-state index contributed by atoms with van der Waals surface area (Å²) >= 11 is 0. The van der Waals surface area contributed by atoms with Gasteiger partial charge in [0.1, 0.15) is 0 Å². The summed E-state index contributed by atoms with van der Waals surface area (Å²) in [6.45, 7) is 1.59. The lowest BCUT2D eigenvalue weighted by Crippen LogP contribution is -2.09. The molecular weight excluding hydrogens is 222 g/mol. The van der Waals surface area contributed by atoms with E-state index in [1.807, 2.05) is 50.5 Å². The van der Waals surface area contributed by atoms with Crippen LogP contribution in [0.4, 0.5) is 5.69 Å². The molecule has 2 nitrogen and oxygen atoms in total. The molecule has 0 aliphatic heterocycles. The number of hydrogen-bond donors (Lipinski definition) is 0. The van der Waals surface area contributed by atoms with Gasteiger partial charge >= 0.3 is 0 Å². The van der Waals surface area contributed by atoms with Crippen LogP contribution >= 0.6 is 0 Å². The zero-order valence-electron chi connectivity index (χ0n) is 11.0. The Morgan fingerprint density at radius 2 is 1.72 bits per heavy atom. The van der Waals surface area contributed by atoms with Gasteiger partial charge in [-0.2, -0.15) is 0 Å². The second-order valence-electron chi connectivity index (χ2n) is 4.55. The number of anilines is 1. The van der Waals surface area contributed by atoms with Crippen LogP contribution < -0.4 is 4.90 Å². The highest BCUT2D eigenvalue weighted by molar-refractivity contribution is 5.95. The average Bonchev–Trinajstić information content (AvgIpc) is 2.39. The first-order valence-corrected chi connectivity index (χ1v) is 5.97. The largest absolute Gasteiger partial charge is 0.377 e. The predicted octanol–water partition coefficient (Wildman–Crippen LogP) is 3.62. The summed E-state index contributed by atoms with van der Waals surface area (Å²) in [4.78, 5) is 13.5. The van der Waals surface area contributed by atoms with Crippen LogP contribution in [0.1, 0.15) is 17.3 Å². The van der Waals surface area contributed by atoms with Gasteiger partial charge in [-0.3, -0.25) is 4.79 Å². The Morgan fingerprint density at radius 3 is 2.39 bits per heavy atom. The third kappa shape index (κ3) is 2.43. The van der Waals surface area contributed by atoms with Crippen LogP contribution in [0.25, 0.3) is 11.1 Å². The normalized spacial score (nSPS) is 10.2. The topological polar surface area (TPSA) is 20.3 Å². The van der Waals surface area contributed by atoms with E-state index in [2.05, 4.69) is 17.0 Å². The molecule has 0 amide bonds. The van der Waals surface area contributed by atoms with Crippen molar-refractivity contribution in [3.8, 4) is 11.1 Å². The average molecular weight is 239 g/mol. The molecule has 0 N–H and O–H groups in total. The minimum Gasteiger partial charge on any atom is -0.377 e. The van der Waals surface area contributed by atoms with E-state index in [0.717, 1.165) is 22.4 Å². The number of Topliss-reactive ketones (excluding diaryl/α,β-unsaturated/α-hetero) is 1. The first kappa shape index (κ1) is 12.4. The van der Waals surface area contributed by atoms with Crippen LogP contribution in [0.3, 0.4) is 0 Å². The summed E-state index contributed by atoms with van der Waals surface area (Å²) in [5.74, 6) is 0.0965. The number of benzene rings is 2. The number of carbonyl (C=O) groups is 1. The Kier molecular flexibility index (Phi) is 3.47. The molecule has 0 aliphatic rings. The third-order valence-corrected chi connectivity index (χ3v) is 2.97. The number of rotatable bonds is 3. The molecular formula is C16H17NO. The van der Waals surface area contributed by atoms with E-state index in [-0.39, 0.29) is 5.78 Å². The van der Waals surface area contributed by atoms with Crippen LogP contribution in [0.5, 0.6) is 0 Å². The summed E-state index contributed by atoms with van der Waals surface area (Å²) in [7, 11) is 4.04. The van der Waals surface area contributed by atoms with Crippen LogP contribution in [0, 0.1) is 0 Å². The Balaban J connectivity index is 2.55. The Bertz CT molecular complexity index is 573. The lowest BCUT2D eigenvalue weighted by atomic mass is 10.00. The van der Waals surface area contributed by atoms with Crippen LogP contribution in [-0.2, 0) is 0 Å². The van der Waals surface area contributed by atoms with E-state index >= 15 is 0 Å². The van der Waals surface area contributed by atoms with E-state index in [1.165, 1.54) is 0 Å². The number of para-hydroxylation sites is 1. The molecule has 2 rings (SSSR count). The van der Waals surface area contributed by atoms with Gasteiger partial charge < -0.3 is 4.90 Å². The van der Waals surface area contributed by atoms with Crippen LogP contribution in [0.2, 0.25) is 0 Å². The first-order valence-electron chi connectivity index (χ1n) is 5.97. The molecule has 2 aromatic rings. The Hall–Kier alpha value is -2.09. The highest BCUT2D eigenvalue weighted by Crippen LogP contribution is 2.30. The smallest absolute Gasteiger partial charge is 0.159 e. The number of hydrogen-bond acceptors (Lipinski definition) is 2. The highest BCUT2D eigenvalue weighted by Gasteiger charge is 2.07. The molecule has 0 saturated carbocycles. The third-order valence-electron chi connectivity index (χ3n) is 2.97. The van der Waals surface area contributed by atoms with Crippen molar-refractivity contribution in [2.45, 2.75) is 6.92 Å². The number of carbonyl (C=O) groups excluding carboxylic acids is 1. The fourth-order valence-electron chi connectivity index (χ4n) is 2.01. The van der Waals surface area contributed by atoms with Crippen molar-refractivity contribution < 1.29 is 4.79 Å². The molecule has 0 saturated heterocycles. The molecule has 0 heterocycles. The summed E-state index contributed by atoms with van der Waals surface area (Å²) < 4.78 is 0. The van der Waals surface area contributed by atoms with Crippen molar-refractivity contribution in [1.82, 2.24) is 0 Å². The monoisotopic (exact) mass is 239 g/mol. The zero-order chi connectivity index (χ0) is 13.1. The summed E-state index contributed by atoms with van der Waals surface area (Å²) in [6.07, 6.45) is 0. The van der Waals surface area contributed by atoms with E-state index < -0.39 is 0 Å². The fourth-order valence-corrected chi connectivity index (χ4v) is 2.01. The summed E-state index contributed by atoms with van der Waals surface area (Å²) in [5, 5.41) is 0. The van der Waals surface area contributed by atoms with Crippen molar-refractivity contribution in [3.05, 3.63) is 54.1 Å². The Morgan fingerprint density at radius 1 is 1.00 bits per heavy atom. The SMILES string of the molecule is CC(=O)c1cccc(-c2ccccc2N(C)C)c1. The van der Waals surface area contributed by atoms with Crippen LogP contribution in [0.15, 0.2) is 48.5 Å². The van der Waals surface area contributed by atoms with Gasteiger partial charge in [0.2, 0.25) is 0 Å². The summed E-state index contributed by atoms with van der Waals surface area (Å²) in [6, 6.07) is 16.0. The van der Waals surface area contributed by atoms with Gasteiger partial charge in [-0.1, -0.05) is 36.4 Å². The quantitative estimate of drug-likeness (QED) is 0.762. The molecule has 0 atom stereocenters. The van der Waals surface area contributed by atoms with E-state index in [9.17, 15) is 4.79 Å². The molecule has 0 aromatic heterocycles. The Labute approximate surface area is 108 Å². The minimum absolute atomic E-state index is 0.0965. The molecule has 0 aliphatic carbocycles. The number of nitrogens with zero attached hydrogens (tertiary/aromatic N) is 1. The molecule has 0 fully saturated rings. The standard InChI is InChI=1S/C16H17NO/c1-12(18)13-7-6-8-14(11-13)15-9-4-5-10-16(15)17(2)3/h4-11H,1-3H3. The van der Waals surface area contributed by atoms with Crippen molar-refractivity contribution in [2.75, 3.05) is 19.0 Å². The van der Waals surface area contributed by atoms with Crippen molar-refractivity contribution in [3.63, 3.8) is 0 Å².